The zero-order valence-corrected chi connectivity index (χ0v) is 21.2. The molecule has 0 saturated carbocycles. The van der Waals surface area contributed by atoms with E-state index < -0.39 is 28.0 Å². The normalized spacial score (nSPS) is 15.4. The second kappa shape index (κ2) is 11.1. The summed E-state index contributed by atoms with van der Waals surface area (Å²) in [5.74, 6) is -0.625. The van der Waals surface area contributed by atoms with Crippen molar-refractivity contribution in [2.45, 2.75) is 25.9 Å². The number of rotatable bonds is 10. The molecule has 9 nitrogen and oxygen atoms in total. The fourth-order valence-electron chi connectivity index (χ4n) is 4.20. The highest BCUT2D eigenvalue weighted by molar-refractivity contribution is 7.86. The summed E-state index contributed by atoms with van der Waals surface area (Å²) in [5, 5.41) is 0. The van der Waals surface area contributed by atoms with Gasteiger partial charge < -0.3 is 14.2 Å². The highest BCUT2D eigenvalue weighted by atomic mass is 32.2. The van der Waals surface area contributed by atoms with Crippen LogP contribution in [0.15, 0.2) is 60.2 Å². The summed E-state index contributed by atoms with van der Waals surface area (Å²) < 4.78 is 45.6. The molecule has 2 aliphatic carbocycles. The van der Waals surface area contributed by atoms with E-state index in [2.05, 4.69) is 0 Å². The van der Waals surface area contributed by atoms with Gasteiger partial charge in [0.05, 0.1) is 24.0 Å². The Morgan fingerprint density at radius 3 is 2.19 bits per heavy atom. The number of benzene rings is 2. The maximum absolute atomic E-state index is 12.8. The van der Waals surface area contributed by atoms with Crippen LogP contribution in [0, 0.1) is 0 Å². The number of ether oxygens (including phenoxy) is 3. The van der Waals surface area contributed by atoms with Crippen LogP contribution in [0.2, 0.25) is 0 Å². The molecule has 0 fully saturated rings. The van der Waals surface area contributed by atoms with E-state index in [1.165, 1.54) is 12.2 Å². The third kappa shape index (κ3) is 6.33. The molecule has 0 aromatic heterocycles. The number of carbonyl (C=O) groups excluding carboxylic acids is 3. The lowest BCUT2D eigenvalue weighted by Crippen LogP contribution is -2.31. The van der Waals surface area contributed by atoms with Gasteiger partial charge in [0, 0.05) is 12.0 Å². The Labute approximate surface area is 214 Å². The molecule has 0 amide bonds. The summed E-state index contributed by atoms with van der Waals surface area (Å²) in [7, 11) is -3.88. The zero-order valence-electron chi connectivity index (χ0n) is 20.4. The van der Waals surface area contributed by atoms with Crippen molar-refractivity contribution >= 4 is 27.7 Å². The minimum Gasteiger partial charge on any atom is -0.490 e. The van der Waals surface area contributed by atoms with Crippen LogP contribution in [-0.2, 0) is 36.7 Å². The summed E-state index contributed by atoms with van der Waals surface area (Å²) in [6, 6.07) is 10.2. The maximum Gasteiger partial charge on any atom is 0.334 e. The van der Waals surface area contributed by atoms with Crippen molar-refractivity contribution < 1.29 is 41.2 Å². The van der Waals surface area contributed by atoms with Gasteiger partial charge in [0.2, 0.25) is 0 Å². The lowest BCUT2D eigenvalue weighted by molar-refractivity contribution is -0.138. The van der Waals surface area contributed by atoms with Crippen LogP contribution in [0.5, 0.6) is 11.5 Å². The van der Waals surface area contributed by atoms with Gasteiger partial charge in [-0.2, -0.15) is 8.42 Å². The summed E-state index contributed by atoms with van der Waals surface area (Å²) in [4.78, 5) is 37.3. The number of allylic oxidation sites excluding steroid dienone is 3. The molecule has 1 unspecified atom stereocenters. The predicted octanol–water partition coefficient (Wildman–Crippen LogP) is 3.01. The lowest BCUT2D eigenvalue weighted by atomic mass is 9.90. The minimum atomic E-state index is -3.88. The molecule has 2 aromatic rings. The van der Waals surface area contributed by atoms with Crippen LogP contribution in [0.4, 0.5) is 0 Å². The van der Waals surface area contributed by atoms with Crippen molar-refractivity contribution in [2.75, 3.05) is 26.1 Å². The monoisotopic (exact) mass is 526 g/mol. The number of hydrogen-bond acceptors (Lipinski definition) is 9. The standard InChI is InChI=1S/C27H26O9S/c1-3-33-27(30)19-13-18-9-6-12-24(26(18)22(29)14-19)35-16-20(36-37(2,31)32)15-34-23-11-5-8-17-7-4-10-21(28)25(17)23/h4-6,8-12,14,20H,3,7,13,15-16H2,1-2H3. The van der Waals surface area contributed by atoms with Crippen LogP contribution >= 0.6 is 0 Å². The molecule has 1 atom stereocenters. The summed E-state index contributed by atoms with van der Waals surface area (Å²) in [5.41, 5.74) is 2.36. The molecule has 10 heteroatoms. The number of fused-ring (bicyclic) bond motifs is 2. The first-order chi connectivity index (χ1) is 17.7. The van der Waals surface area contributed by atoms with Crippen LogP contribution < -0.4 is 9.47 Å². The predicted molar refractivity (Wildman–Crippen MR) is 134 cm³/mol. The van der Waals surface area contributed by atoms with Gasteiger partial charge in [0.1, 0.15) is 30.8 Å². The summed E-state index contributed by atoms with van der Waals surface area (Å²) in [6.45, 7) is 1.40. The molecule has 4 rings (SSSR count). The molecule has 37 heavy (non-hydrogen) atoms. The quantitative estimate of drug-likeness (QED) is 0.340. The zero-order chi connectivity index (χ0) is 26.6. The van der Waals surface area contributed by atoms with Crippen LogP contribution in [-0.4, -0.2) is 58.1 Å². The lowest BCUT2D eigenvalue weighted by Gasteiger charge is -2.22. The van der Waals surface area contributed by atoms with Crippen LogP contribution in [0.1, 0.15) is 38.8 Å². The fourth-order valence-corrected chi connectivity index (χ4v) is 4.81. The summed E-state index contributed by atoms with van der Waals surface area (Å²) >= 11 is 0. The SMILES string of the molecule is CCOC(=O)C1=CC(=O)c2c(cccc2OCC(COc2cccc3c2C(=O)C=CC3)OS(C)(=O)=O)C1. The molecule has 2 aromatic carbocycles. The molecular formula is C27H26O9S. The van der Waals surface area contributed by atoms with Gasteiger partial charge in [-0.25, -0.2) is 4.79 Å². The van der Waals surface area contributed by atoms with Crippen LogP contribution in [0.25, 0.3) is 0 Å². The second-order valence-corrected chi connectivity index (χ2v) is 10.1. The van der Waals surface area contributed by atoms with Crippen molar-refractivity contribution in [3.8, 4) is 11.5 Å². The van der Waals surface area contributed by atoms with Gasteiger partial charge in [0.25, 0.3) is 10.1 Å². The van der Waals surface area contributed by atoms with Crippen LogP contribution in [0.3, 0.4) is 0 Å². The van der Waals surface area contributed by atoms with Gasteiger partial charge in [-0.1, -0.05) is 30.3 Å². The smallest absolute Gasteiger partial charge is 0.334 e. The molecule has 0 saturated heterocycles. The van der Waals surface area contributed by atoms with Gasteiger partial charge in [-0.05, 0) is 48.8 Å². The van der Waals surface area contributed by atoms with E-state index in [9.17, 15) is 22.8 Å². The van der Waals surface area contributed by atoms with E-state index in [4.69, 9.17) is 18.4 Å². The van der Waals surface area contributed by atoms with Gasteiger partial charge in [-0.3, -0.25) is 13.8 Å². The molecule has 0 bridgehead atoms. The largest absolute Gasteiger partial charge is 0.490 e. The highest BCUT2D eigenvalue weighted by Crippen LogP contribution is 2.31. The number of carbonyl (C=O) groups is 3. The maximum atomic E-state index is 12.8. The van der Waals surface area contributed by atoms with E-state index in [0.717, 1.165) is 11.8 Å². The number of ketones is 2. The van der Waals surface area contributed by atoms with E-state index in [1.54, 1.807) is 43.3 Å². The number of esters is 1. The van der Waals surface area contributed by atoms with E-state index in [0.29, 0.717) is 23.3 Å². The first-order valence-corrected chi connectivity index (χ1v) is 13.5. The molecule has 0 N–H and O–H groups in total. The molecule has 0 radical (unpaired) electrons. The van der Waals surface area contributed by atoms with Gasteiger partial charge in [0.15, 0.2) is 11.6 Å². The van der Waals surface area contributed by atoms with Gasteiger partial charge >= 0.3 is 5.97 Å². The van der Waals surface area contributed by atoms with Crippen molar-refractivity contribution in [3.05, 3.63) is 82.5 Å². The van der Waals surface area contributed by atoms with Crippen molar-refractivity contribution in [3.63, 3.8) is 0 Å². The second-order valence-electron chi connectivity index (χ2n) is 8.53. The van der Waals surface area contributed by atoms with Gasteiger partial charge in [-0.15, -0.1) is 0 Å². The van der Waals surface area contributed by atoms with E-state index in [1.807, 2.05) is 6.07 Å². The van der Waals surface area contributed by atoms with Crippen molar-refractivity contribution in [2.24, 2.45) is 0 Å². The summed E-state index contributed by atoms with van der Waals surface area (Å²) in [6.07, 6.45) is 5.10. The molecule has 0 aliphatic heterocycles. The third-order valence-corrected chi connectivity index (χ3v) is 6.33. The van der Waals surface area contributed by atoms with E-state index >= 15 is 0 Å². The molecule has 2 aliphatic rings. The Kier molecular flexibility index (Phi) is 7.89. The average Bonchev–Trinajstić information content (AvgIpc) is 2.85. The molecule has 194 valence electrons. The fraction of sp³-hybridized carbons (Fsp3) is 0.296. The third-order valence-electron chi connectivity index (χ3n) is 5.71. The Hall–Kier alpha value is -3.76. The number of hydrogen-bond donors (Lipinski definition) is 0. The average molecular weight is 527 g/mol. The van der Waals surface area contributed by atoms with Crippen molar-refractivity contribution in [1.82, 2.24) is 0 Å². The highest BCUT2D eigenvalue weighted by Gasteiger charge is 2.27. The molecular weight excluding hydrogens is 500 g/mol. The Morgan fingerprint density at radius 2 is 1.57 bits per heavy atom. The first kappa shape index (κ1) is 26.3. The molecule has 0 spiro atoms. The topological polar surface area (TPSA) is 122 Å². The Balaban J connectivity index is 1.50. The Morgan fingerprint density at radius 1 is 0.946 bits per heavy atom. The van der Waals surface area contributed by atoms with Crippen molar-refractivity contribution in [1.29, 1.82) is 0 Å². The molecule has 0 heterocycles. The first-order valence-electron chi connectivity index (χ1n) is 11.7. The Bertz CT molecular complexity index is 1400. The van der Waals surface area contributed by atoms with E-state index in [-0.39, 0.29) is 48.9 Å². The minimum absolute atomic E-state index is 0.195.